The fourth-order valence-corrected chi connectivity index (χ4v) is 1.47. The van der Waals surface area contributed by atoms with Crippen LogP contribution in [0.3, 0.4) is 0 Å². The molecular formula is C12H18N2O4. The normalized spacial score (nSPS) is 16.0. The van der Waals surface area contributed by atoms with Crippen LogP contribution < -0.4 is 5.73 Å². The lowest BCUT2D eigenvalue weighted by Crippen LogP contribution is -2.41. The van der Waals surface area contributed by atoms with E-state index in [9.17, 15) is 14.4 Å². The number of hydrogen-bond donors (Lipinski definition) is 1. The van der Waals surface area contributed by atoms with Crippen LogP contribution >= 0.6 is 0 Å². The molecular weight excluding hydrogens is 236 g/mol. The molecule has 0 bridgehead atoms. The summed E-state index contributed by atoms with van der Waals surface area (Å²) in [5.41, 5.74) is 4.89. The number of nitrogens with two attached hydrogens (primary N) is 1. The molecule has 0 fully saturated rings. The predicted molar refractivity (Wildman–Crippen MR) is 64.5 cm³/mol. The van der Waals surface area contributed by atoms with Crippen molar-refractivity contribution in [3.63, 3.8) is 0 Å². The number of carbonyl (C=O) groups excluding carboxylic acids is 3. The van der Waals surface area contributed by atoms with Crippen molar-refractivity contribution in [3.8, 4) is 0 Å². The lowest BCUT2D eigenvalue weighted by molar-refractivity contribution is -0.135. The largest absolute Gasteiger partial charge is 0.443 e. The van der Waals surface area contributed by atoms with Crippen molar-refractivity contribution in [1.29, 1.82) is 0 Å². The Kier molecular flexibility index (Phi) is 4.24. The smallest absolute Gasteiger partial charge is 0.424 e. The Balaban J connectivity index is 2.74. The van der Waals surface area contributed by atoms with E-state index in [0.29, 0.717) is 29.9 Å². The number of ether oxygens (including phenoxy) is 1. The number of amides is 3. The van der Waals surface area contributed by atoms with Crippen LogP contribution in [0, 0.1) is 0 Å². The van der Waals surface area contributed by atoms with E-state index in [1.165, 1.54) is 6.08 Å². The molecule has 1 aliphatic heterocycles. The van der Waals surface area contributed by atoms with E-state index < -0.39 is 23.5 Å². The van der Waals surface area contributed by atoms with Gasteiger partial charge in [0, 0.05) is 11.6 Å². The van der Waals surface area contributed by atoms with Gasteiger partial charge >= 0.3 is 6.09 Å². The van der Waals surface area contributed by atoms with E-state index in [1.54, 1.807) is 20.8 Å². The molecule has 3 amide bonds. The monoisotopic (exact) mass is 254 g/mol. The fourth-order valence-electron chi connectivity index (χ4n) is 1.47. The molecule has 100 valence electrons. The Labute approximate surface area is 106 Å². The van der Waals surface area contributed by atoms with Crippen molar-refractivity contribution in [2.75, 3.05) is 6.54 Å². The molecule has 6 nitrogen and oxygen atoms in total. The second-order valence-corrected chi connectivity index (χ2v) is 5.02. The summed E-state index contributed by atoms with van der Waals surface area (Å²) in [6.07, 6.45) is 1.21. The number of carbonyl (C=O) groups is 3. The Bertz CT molecular complexity index is 407. The van der Waals surface area contributed by atoms with Gasteiger partial charge in [0.2, 0.25) is 0 Å². The zero-order valence-electron chi connectivity index (χ0n) is 10.9. The third kappa shape index (κ3) is 3.40. The summed E-state index contributed by atoms with van der Waals surface area (Å²) in [5, 5.41) is 0. The van der Waals surface area contributed by atoms with Gasteiger partial charge in [0.15, 0.2) is 0 Å². The van der Waals surface area contributed by atoms with Gasteiger partial charge in [-0.3, -0.25) is 9.59 Å². The van der Waals surface area contributed by atoms with Crippen LogP contribution in [0.25, 0.3) is 0 Å². The van der Waals surface area contributed by atoms with E-state index in [-0.39, 0.29) is 0 Å². The maximum atomic E-state index is 11.8. The van der Waals surface area contributed by atoms with E-state index in [1.807, 2.05) is 0 Å². The van der Waals surface area contributed by atoms with Gasteiger partial charge in [0.25, 0.3) is 11.8 Å². The number of hydrogen-bond acceptors (Lipinski definition) is 5. The predicted octanol–water partition coefficient (Wildman–Crippen LogP) is 0.956. The molecule has 0 aromatic heterocycles. The van der Waals surface area contributed by atoms with Crippen LogP contribution in [0.4, 0.5) is 4.79 Å². The highest BCUT2D eigenvalue weighted by Crippen LogP contribution is 2.20. The number of rotatable bonds is 3. The molecule has 1 heterocycles. The first kappa shape index (κ1) is 14.4. The minimum absolute atomic E-state index is 0.302. The Morgan fingerprint density at radius 2 is 2.00 bits per heavy atom. The first-order chi connectivity index (χ1) is 8.26. The Morgan fingerprint density at radius 3 is 2.50 bits per heavy atom. The minimum Gasteiger partial charge on any atom is -0.443 e. The molecule has 0 spiro atoms. The molecule has 1 rings (SSSR count). The van der Waals surface area contributed by atoms with Gasteiger partial charge in [0.05, 0.1) is 0 Å². The van der Waals surface area contributed by atoms with Crippen LogP contribution in [0.5, 0.6) is 0 Å². The second-order valence-electron chi connectivity index (χ2n) is 5.02. The molecule has 0 unspecified atom stereocenters. The van der Waals surface area contributed by atoms with Crippen molar-refractivity contribution < 1.29 is 19.1 Å². The molecule has 6 heteroatoms. The SMILES string of the molecule is CC(C)(C)OC(=O)N1C(=O)C=C(CCCN)C1=O. The Morgan fingerprint density at radius 1 is 1.39 bits per heavy atom. The van der Waals surface area contributed by atoms with Crippen LogP contribution in [-0.2, 0) is 14.3 Å². The lowest BCUT2D eigenvalue weighted by atomic mass is 10.1. The van der Waals surface area contributed by atoms with Crippen LogP contribution in [0.15, 0.2) is 11.6 Å². The van der Waals surface area contributed by atoms with Crippen molar-refractivity contribution in [1.82, 2.24) is 4.90 Å². The van der Waals surface area contributed by atoms with Crippen molar-refractivity contribution in [3.05, 3.63) is 11.6 Å². The standard InChI is InChI=1S/C12H18N2O4/c1-12(2,3)18-11(17)14-9(15)7-8(10(14)16)5-4-6-13/h7H,4-6,13H2,1-3H3. The maximum Gasteiger partial charge on any atom is 0.424 e. The molecule has 1 aliphatic rings. The van der Waals surface area contributed by atoms with Gasteiger partial charge < -0.3 is 10.5 Å². The van der Waals surface area contributed by atoms with E-state index >= 15 is 0 Å². The first-order valence-corrected chi connectivity index (χ1v) is 5.78. The summed E-state index contributed by atoms with van der Waals surface area (Å²) in [6.45, 7) is 5.42. The van der Waals surface area contributed by atoms with E-state index in [0.717, 1.165) is 0 Å². The van der Waals surface area contributed by atoms with Crippen molar-refractivity contribution in [2.24, 2.45) is 5.73 Å². The second kappa shape index (κ2) is 5.30. The molecule has 0 saturated heterocycles. The van der Waals surface area contributed by atoms with Gasteiger partial charge in [0.1, 0.15) is 5.60 Å². The topological polar surface area (TPSA) is 89.7 Å². The van der Waals surface area contributed by atoms with Crippen LogP contribution in [0.2, 0.25) is 0 Å². The molecule has 18 heavy (non-hydrogen) atoms. The van der Waals surface area contributed by atoms with Crippen LogP contribution in [0.1, 0.15) is 33.6 Å². The zero-order valence-corrected chi connectivity index (χ0v) is 10.9. The molecule has 0 aromatic rings. The summed E-state index contributed by atoms with van der Waals surface area (Å²) < 4.78 is 5.00. The van der Waals surface area contributed by atoms with Crippen LogP contribution in [-0.4, -0.2) is 35.0 Å². The number of nitrogens with zero attached hydrogens (tertiary/aromatic N) is 1. The average molecular weight is 254 g/mol. The van der Waals surface area contributed by atoms with Gasteiger partial charge in [-0.15, -0.1) is 0 Å². The molecule has 2 N–H and O–H groups in total. The summed E-state index contributed by atoms with van der Waals surface area (Å²) in [4.78, 5) is 35.7. The lowest BCUT2D eigenvalue weighted by Gasteiger charge is -2.22. The summed E-state index contributed by atoms with van der Waals surface area (Å²) >= 11 is 0. The number of imide groups is 3. The molecule has 0 aromatic carbocycles. The highest BCUT2D eigenvalue weighted by Gasteiger charge is 2.38. The fraction of sp³-hybridized carbons (Fsp3) is 0.583. The zero-order chi connectivity index (χ0) is 13.9. The molecule has 0 saturated carbocycles. The minimum atomic E-state index is -0.934. The van der Waals surface area contributed by atoms with Crippen molar-refractivity contribution in [2.45, 2.75) is 39.2 Å². The highest BCUT2D eigenvalue weighted by atomic mass is 16.6. The van der Waals surface area contributed by atoms with Gasteiger partial charge in [-0.2, -0.15) is 4.90 Å². The Hall–Kier alpha value is -1.69. The summed E-state index contributed by atoms with van der Waals surface area (Å²) in [5.74, 6) is -1.26. The average Bonchev–Trinajstić information content (AvgIpc) is 2.48. The molecule has 0 atom stereocenters. The van der Waals surface area contributed by atoms with Crippen molar-refractivity contribution >= 4 is 17.9 Å². The third-order valence-corrected chi connectivity index (χ3v) is 2.22. The van der Waals surface area contributed by atoms with Gasteiger partial charge in [-0.25, -0.2) is 4.79 Å². The molecule has 0 radical (unpaired) electrons. The van der Waals surface area contributed by atoms with E-state index in [2.05, 4.69) is 0 Å². The van der Waals surface area contributed by atoms with E-state index in [4.69, 9.17) is 10.5 Å². The first-order valence-electron chi connectivity index (χ1n) is 5.78. The van der Waals surface area contributed by atoms with Gasteiger partial charge in [-0.1, -0.05) is 0 Å². The quantitative estimate of drug-likeness (QED) is 0.757. The summed E-state index contributed by atoms with van der Waals surface area (Å²) in [6, 6.07) is 0. The highest BCUT2D eigenvalue weighted by molar-refractivity contribution is 6.23. The maximum absolute atomic E-state index is 11.8. The summed E-state index contributed by atoms with van der Waals surface area (Å²) in [7, 11) is 0. The van der Waals surface area contributed by atoms with Gasteiger partial charge in [-0.05, 0) is 40.2 Å². The third-order valence-electron chi connectivity index (χ3n) is 2.22. The molecule has 0 aliphatic carbocycles.